The smallest absolute Gasteiger partial charge is 0.338 e. The Morgan fingerprint density at radius 2 is 1.73 bits per heavy atom. The van der Waals surface area contributed by atoms with Crippen LogP contribution < -0.4 is 0 Å². The van der Waals surface area contributed by atoms with Crippen molar-refractivity contribution in [2.45, 2.75) is 96.3 Å². The van der Waals surface area contributed by atoms with E-state index in [1.807, 2.05) is 6.92 Å². The molecule has 1 aromatic rings. The minimum atomic E-state index is -1.63. The molecule has 0 amide bonds. The molecule has 1 saturated heterocycles. The van der Waals surface area contributed by atoms with E-state index in [0.717, 1.165) is 24.1 Å². The lowest BCUT2D eigenvalue weighted by atomic mass is 9.70. The average molecular weight is 527 g/mol. The number of aromatic hydroxyl groups is 3. The number of aliphatic hydroxyl groups is 4. The van der Waals surface area contributed by atoms with E-state index in [4.69, 9.17) is 14.2 Å². The van der Waals surface area contributed by atoms with E-state index in [0.29, 0.717) is 19.3 Å². The van der Waals surface area contributed by atoms with Crippen molar-refractivity contribution < 1.29 is 54.8 Å². The lowest BCUT2D eigenvalue weighted by Crippen LogP contribution is -2.60. The molecule has 7 unspecified atom stereocenters. The van der Waals surface area contributed by atoms with Crippen LogP contribution in [-0.2, 0) is 14.2 Å². The second kappa shape index (κ2) is 11.5. The van der Waals surface area contributed by atoms with E-state index in [1.165, 1.54) is 5.57 Å². The molecule has 1 aliphatic carbocycles. The van der Waals surface area contributed by atoms with Crippen LogP contribution in [0.3, 0.4) is 0 Å². The summed E-state index contributed by atoms with van der Waals surface area (Å²) in [6.07, 6.45) is -5.44. The molecule has 0 saturated carbocycles. The summed E-state index contributed by atoms with van der Waals surface area (Å²) >= 11 is 0. The van der Waals surface area contributed by atoms with Crippen LogP contribution in [-0.4, -0.2) is 91.2 Å². The topological polar surface area (TPSA) is 186 Å². The number of phenols is 3. The van der Waals surface area contributed by atoms with Crippen molar-refractivity contribution in [2.75, 3.05) is 6.61 Å². The van der Waals surface area contributed by atoms with Gasteiger partial charge in [-0.2, -0.15) is 0 Å². The summed E-state index contributed by atoms with van der Waals surface area (Å²) in [6.45, 7) is 7.41. The van der Waals surface area contributed by atoms with Crippen molar-refractivity contribution >= 4 is 5.97 Å². The number of allylic oxidation sites excluding steroid dienone is 1. The number of rotatable bonds is 8. The Labute approximate surface area is 215 Å². The highest BCUT2D eigenvalue weighted by molar-refractivity contribution is 5.91. The van der Waals surface area contributed by atoms with Crippen LogP contribution in [0.5, 0.6) is 17.2 Å². The molecule has 11 heteroatoms. The van der Waals surface area contributed by atoms with Crippen LogP contribution in [0.2, 0.25) is 0 Å². The van der Waals surface area contributed by atoms with E-state index in [9.17, 15) is 40.5 Å². The van der Waals surface area contributed by atoms with Gasteiger partial charge in [-0.25, -0.2) is 4.79 Å². The summed E-state index contributed by atoms with van der Waals surface area (Å²) in [5, 5.41) is 69.6. The molecule has 2 aliphatic rings. The quantitative estimate of drug-likeness (QED) is 0.148. The first-order valence-corrected chi connectivity index (χ1v) is 12.4. The van der Waals surface area contributed by atoms with Gasteiger partial charge in [0.25, 0.3) is 0 Å². The van der Waals surface area contributed by atoms with Gasteiger partial charge in [0, 0.05) is 0 Å². The van der Waals surface area contributed by atoms with E-state index in [1.54, 1.807) is 6.92 Å². The first kappa shape index (κ1) is 29.2. The van der Waals surface area contributed by atoms with Crippen LogP contribution in [0.15, 0.2) is 23.3 Å². The minimum Gasteiger partial charge on any atom is -0.504 e. The maximum absolute atomic E-state index is 12.4. The average Bonchev–Trinajstić information content (AvgIpc) is 2.80. The van der Waals surface area contributed by atoms with Crippen molar-refractivity contribution in [3.05, 3.63) is 28.8 Å². The van der Waals surface area contributed by atoms with Crippen molar-refractivity contribution in [3.63, 3.8) is 0 Å². The van der Waals surface area contributed by atoms with Crippen LogP contribution in [0.4, 0.5) is 0 Å². The Kier molecular flexibility index (Phi) is 9.10. The number of carbonyl (C=O) groups is 1. The highest BCUT2D eigenvalue weighted by Crippen LogP contribution is 2.44. The van der Waals surface area contributed by atoms with Gasteiger partial charge in [-0.15, -0.1) is 0 Å². The Balaban J connectivity index is 1.66. The monoisotopic (exact) mass is 526 g/mol. The molecule has 7 atom stereocenters. The Bertz CT molecular complexity index is 979. The van der Waals surface area contributed by atoms with Crippen molar-refractivity contribution in [2.24, 2.45) is 5.41 Å². The Morgan fingerprint density at radius 1 is 1.11 bits per heavy atom. The minimum absolute atomic E-state index is 0.226. The van der Waals surface area contributed by atoms with Gasteiger partial charge >= 0.3 is 5.97 Å². The molecule has 37 heavy (non-hydrogen) atoms. The summed E-state index contributed by atoms with van der Waals surface area (Å²) in [6, 6.07) is 1.80. The van der Waals surface area contributed by atoms with Crippen LogP contribution >= 0.6 is 0 Å². The van der Waals surface area contributed by atoms with Crippen molar-refractivity contribution in [1.29, 1.82) is 0 Å². The SMILES string of the molecule is CC1=C(CCC(C)O)C(C)(C)CC(OC2OC(COC(=O)c3cc(O)c(O)c(O)c3)C(O)C(O)C2O)C1. The van der Waals surface area contributed by atoms with Crippen LogP contribution in [0.1, 0.15) is 63.7 Å². The van der Waals surface area contributed by atoms with E-state index < -0.39 is 66.6 Å². The maximum Gasteiger partial charge on any atom is 0.338 e. The second-order valence-corrected chi connectivity index (χ2v) is 10.7. The van der Waals surface area contributed by atoms with Crippen molar-refractivity contribution in [1.82, 2.24) is 0 Å². The molecule has 0 aromatic heterocycles. The van der Waals surface area contributed by atoms with Gasteiger partial charge in [-0.05, 0) is 57.1 Å². The molecule has 0 bridgehead atoms. The lowest BCUT2D eigenvalue weighted by molar-refractivity contribution is -0.312. The molecule has 7 N–H and O–H groups in total. The lowest BCUT2D eigenvalue weighted by Gasteiger charge is -2.44. The van der Waals surface area contributed by atoms with E-state index >= 15 is 0 Å². The fraction of sp³-hybridized carbons (Fsp3) is 0.654. The van der Waals surface area contributed by atoms with E-state index in [-0.39, 0.29) is 17.1 Å². The zero-order valence-corrected chi connectivity index (χ0v) is 21.5. The standard InChI is InChI=1S/C26H38O11/c1-12-7-15(10-26(3,4)16(12)6-5-13(2)27)36-25-23(33)22(32)21(31)19(37-25)11-35-24(34)14-8-17(28)20(30)18(29)9-14/h8-9,13,15,19,21-23,25,27-33H,5-7,10-11H2,1-4H3. The summed E-state index contributed by atoms with van der Waals surface area (Å²) in [7, 11) is 0. The van der Waals surface area contributed by atoms with Gasteiger partial charge < -0.3 is 50.0 Å². The summed E-state index contributed by atoms with van der Waals surface area (Å²) in [5.74, 6) is -3.21. The first-order valence-electron chi connectivity index (χ1n) is 12.4. The molecule has 3 rings (SSSR count). The third kappa shape index (κ3) is 6.73. The maximum atomic E-state index is 12.4. The fourth-order valence-corrected chi connectivity index (χ4v) is 5.13. The normalized spacial score (nSPS) is 30.7. The Hall–Kier alpha value is -2.41. The van der Waals surface area contributed by atoms with Crippen LogP contribution in [0.25, 0.3) is 0 Å². The number of aliphatic hydroxyl groups excluding tert-OH is 4. The molecule has 1 heterocycles. The predicted molar refractivity (Wildman–Crippen MR) is 130 cm³/mol. The van der Waals surface area contributed by atoms with Gasteiger partial charge in [0.1, 0.15) is 31.0 Å². The molecular weight excluding hydrogens is 488 g/mol. The molecule has 1 aliphatic heterocycles. The molecule has 1 fully saturated rings. The predicted octanol–water partition coefficient (Wildman–Crippen LogP) is 1.45. The van der Waals surface area contributed by atoms with Crippen molar-refractivity contribution in [3.8, 4) is 17.2 Å². The second-order valence-electron chi connectivity index (χ2n) is 10.7. The number of phenolic OH excluding ortho intramolecular Hbond substituents is 3. The summed E-state index contributed by atoms with van der Waals surface area (Å²) in [5.41, 5.74) is 1.89. The molecule has 208 valence electrons. The molecule has 11 nitrogen and oxygen atoms in total. The number of ether oxygens (including phenoxy) is 3. The zero-order valence-electron chi connectivity index (χ0n) is 21.5. The zero-order chi connectivity index (χ0) is 27.7. The fourth-order valence-electron chi connectivity index (χ4n) is 5.13. The number of hydrogen-bond donors (Lipinski definition) is 7. The van der Waals surface area contributed by atoms with Crippen LogP contribution in [0, 0.1) is 5.41 Å². The third-order valence-electron chi connectivity index (χ3n) is 7.10. The molecule has 0 radical (unpaired) electrons. The van der Waals surface area contributed by atoms with Gasteiger partial charge in [0.2, 0.25) is 0 Å². The molecule has 1 aromatic carbocycles. The van der Waals surface area contributed by atoms with Gasteiger partial charge in [-0.1, -0.05) is 25.0 Å². The van der Waals surface area contributed by atoms with Gasteiger partial charge in [-0.3, -0.25) is 0 Å². The third-order valence-corrected chi connectivity index (χ3v) is 7.10. The summed E-state index contributed by atoms with van der Waals surface area (Å²) in [4.78, 5) is 12.4. The number of esters is 1. The molecule has 0 spiro atoms. The Morgan fingerprint density at radius 3 is 2.30 bits per heavy atom. The molecular formula is C26H38O11. The largest absolute Gasteiger partial charge is 0.504 e. The number of hydrogen-bond acceptors (Lipinski definition) is 11. The number of carbonyl (C=O) groups excluding carboxylic acids is 1. The van der Waals surface area contributed by atoms with E-state index in [2.05, 4.69) is 13.8 Å². The number of benzene rings is 1. The van der Waals surface area contributed by atoms with Gasteiger partial charge in [0.15, 0.2) is 23.5 Å². The first-order chi connectivity index (χ1) is 17.2. The van der Waals surface area contributed by atoms with Gasteiger partial charge in [0.05, 0.1) is 17.8 Å². The summed E-state index contributed by atoms with van der Waals surface area (Å²) < 4.78 is 16.9. The highest BCUT2D eigenvalue weighted by atomic mass is 16.7. The highest BCUT2D eigenvalue weighted by Gasteiger charge is 2.46.